The molecule has 0 saturated carbocycles. The molecule has 0 fully saturated rings. The van der Waals surface area contributed by atoms with Crippen molar-refractivity contribution in [2.45, 2.75) is 27.1 Å². The van der Waals surface area contributed by atoms with Crippen LogP contribution in [0.5, 0.6) is 11.5 Å². The van der Waals surface area contributed by atoms with E-state index in [0.29, 0.717) is 34.6 Å². The molecule has 0 amide bonds. The van der Waals surface area contributed by atoms with Crippen LogP contribution < -0.4 is 14.0 Å². The van der Waals surface area contributed by atoms with E-state index in [9.17, 15) is 9.59 Å². The summed E-state index contributed by atoms with van der Waals surface area (Å²) >= 11 is 0. The number of para-hydroxylation sites is 1. The number of benzene rings is 6. The molecule has 0 atom stereocenters. The van der Waals surface area contributed by atoms with Gasteiger partial charge in [-0.3, -0.25) is 0 Å². The molecule has 0 aliphatic carbocycles. The van der Waals surface area contributed by atoms with Gasteiger partial charge in [0.05, 0.1) is 21.9 Å². The van der Waals surface area contributed by atoms with Gasteiger partial charge in [0.25, 0.3) is 0 Å². The lowest BCUT2D eigenvalue weighted by Crippen LogP contribution is -2.31. The first-order valence-electron chi connectivity index (χ1n) is 17.2. The highest BCUT2D eigenvalue weighted by atomic mass is 16.5. The Kier molecular flexibility index (Phi) is 9.89. The molecule has 1 aromatic heterocycles. The zero-order valence-corrected chi connectivity index (χ0v) is 29.3. The predicted octanol–water partition coefficient (Wildman–Crippen LogP) is 9.76. The first-order chi connectivity index (χ1) is 25.3. The van der Waals surface area contributed by atoms with E-state index in [0.717, 1.165) is 49.8 Å². The Balaban J connectivity index is 1.15. The number of carbonyl (C=O) groups is 2. The molecule has 256 valence electrons. The second kappa shape index (κ2) is 15.2. The summed E-state index contributed by atoms with van der Waals surface area (Å²) in [4.78, 5) is 27.2. The van der Waals surface area contributed by atoms with Crippen molar-refractivity contribution >= 4 is 45.9 Å². The van der Waals surface area contributed by atoms with Crippen molar-refractivity contribution in [1.29, 1.82) is 0 Å². The number of ether oxygens (including phenoxy) is 3. The van der Waals surface area contributed by atoms with E-state index in [1.54, 1.807) is 12.1 Å². The number of esters is 2. The van der Waals surface area contributed by atoms with Crippen LogP contribution in [0.1, 0.15) is 54.1 Å². The van der Waals surface area contributed by atoms with E-state index in [4.69, 9.17) is 14.2 Å². The molecule has 0 unspecified atom stereocenters. The molecule has 0 aliphatic heterocycles. The van der Waals surface area contributed by atoms with Crippen LogP contribution >= 0.6 is 0 Å². The summed E-state index contributed by atoms with van der Waals surface area (Å²) in [5.41, 5.74) is 7.99. The monoisotopic (exact) mass is 684 g/mol. The Labute approximate surface area is 303 Å². The number of hydrogen-bond acceptors (Lipinski definition) is 5. The quantitative estimate of drug-likeness (QED) is 0.0472. The maximum Gasteiger partial charge on any atom is 0.345 e. The van der Waals surface area contributed by atoms with Crippen LogP contribution in [0.15, 0.2) is 140 Å². The Morgan fingerprint density at radius 2 is 1.17 bits per heavy atom. The summed E-state index contributed by atoms with van der Waals surface area (Å²) in [6, 6.07) is 44.9. The minimum atomic E-state index is -0.473. The number of hydrogen-bond donors (Lipinski definition) is 0. The summed E-state index contributed by atoms with van der Waals surface area (Å²) in [5, 5.41) is 1.56. The summed E-state index contributed by atoms with van der Waals surface area (Å²) in [7, 11) is 2.00. The third kappa shape index (κ3) is 7.47. The Bertz CT molecular complexity index is 2410. The highest BCUT2D eigenvalue weighted by molar-refractivity contribution is 6.14. The topological polar surface area (TPSA) is 65.7 Å². The maximum atomic E-state index is 14.2. The van der Waals surface area contributed by atoms with Gasteiger partial charge in [0.15, 0.2) is 0 Å². The maximum absolute atomic E-state index is 14.2. The van der Waals surface area contributed by atoms with Crippen molar-refractivity contribution in [2.24, 2.45) is 7.05 Å². The molecule has 0 radical (unpaired) electrons. The van der Waals surface area contributed by atoms with Crippen molar-refractivity contribution in [1.82, 2.24) is 0 Å². The molecule has 0 bridgehead atoms. The average molecular weight is 685 g/mol. The fraction of sp³-hybridized carbons (Fsp3) is 0.109. The van der Waals surface area contributed by atoms with Crippen LogP contribution in [-0.2, 0) is 25.0 Å². The van der Waals surface area contributed by atoms with Crippen LogP contribution in [0.25, 0.3) is 34.0 Å². The minimum absolute atomic E-state index is 0.174. The zero-order chi connectivity index (χ0) is 36.0. The SMILES string of the molecule is Cc1cc(C(=O)OCc2ccccc2)cc(C)c1OC(=O)c1c2ccccc2[n+](C)c2ccc(/C=C/c3ccc(OCc4ccccc4)cc3)cc12. The van der Waals surface area contributed by atoms with Crippen LogP contribution in [0.3, 0.4) is 0 Å². The molecule has 6 nitrogen and oxygen atoms in total. The van der Waals surface area contributed by atoms with E-state index < -0.39 is 11.9 Å². The van der Waals surface area contributed by atoms with Gasteiger partial charge in [-0.05, 0) is 89.7 Å². The highest BCUT2D eigenvalue weighted by Gasteiger charge is 2.25. The molecule has 6 heteroatoms. The number of carbonyl (C=O) groups excluding carboxylic acids is 2. The molecule has 0 aliphatic rings. The van der Waals surface area contributed by atoms with Gasteiger partial charge in [0, 0.05) is 12.1 Å². The molecular weight excluding hydrogens is 647 g/mol. The summed E-state index contributed by atoms with van der Waals surface area (Å²) in [5.74, 6) is 0.313. The number of fused-ring (bicyclic) bond motifs is 2. The summed E-state index contributed by atoms with van der Waals surface area (Å²) in [6.07, 6.45) is 4.08. The fourth-order valence-electron chi connectivity index (χ4n) is 6.41. The van der Waals surface area contributed by atoms with Crippen LogP contribution in [0, 0.1) is 13.8 Å². The van der Waals surface area contributed by atoms with E-state index in [1.165, 1.54) is 0 Å². The van der Waals surface area contributed by atoms with Gasteiger partial charge in [0.1, 0.15) is 31.8 Å². The zero-order valence-electron chi connectivity index (χ0n) is 29.3. The molecule has 0 saturated heterocycles. The Morgan fingerprint density at radius 3 is 1.87 bits per heavy atom. The van der Waals surface area contributed by atoms with Crippen LogP contribution in [0.2, 0.25) is 0 Å². The van der Waals surface area contributed by atoms with Gasteiger partial charge < -0.3 is 14.2 Å². The highest BCUT2D eigenvalue weighted by Crippen LogP contribution is 2.31. The van der Waals surface area contributed by atoms with Gasteiger partial charge >= 0.3 is 11.9 Å². The van der Waals surface area contributed by atoms with Gasteiger partial charge in [-0.25, -0.2) is 9.59 Å². The van der Waals surface area contributed by atoms with E-state index in [1.807, 2.05) is 160 Å². The second-order valence-electron chi connectivity index (χ2n) is 12.8. The first kappa shape index (κ1) is 33.9. The molecule has 0 N–H and O–H groups in total. The van der Waals surface area contributed by atoms with E-state index in [-0.39, 0.29) is 6.61 Å². The van der Waals surface area contributed by atoms with Crippen molar-refractivity contribution in [3.05, 3.63) is 184 Å². The number of aryl methyl sites for hydroxylation is 3. The Morgan fingerprint density at radius 1 is 0.596 bits per heavy atom. The number of nitrogens with zero attached hydrogens (tertiary/aromatic N) is 1. The molecule has 7 rings (SSSR count). The number of rotatable bonds is 10. The van der Waals surface area contributed by atoms with Crippen molar-refractivity contribution in [3.63, 3.8) is 0 Å². The predicted molar refractivity (Wildman–Crippen MR) is 205 cm³/mol. The van der Waals surface area contributed by atoms with Crippen molar-refractivity contribution in [2.75, 3.05) is 0 Å². The standard InChI is InChI=1S/C46H38NO5/c1-31-26-37(45(48)51-30-36-14-8-5-9-15-36)27-32(2)44(31)52-46(49)43-39-16-10-11-17-41(39)47(3)42-25-22-34(28-40(42)43)19-18-33-20-23-38(24-21-33)50-29-35-12-6-4-7-13-35/h4-28H,29-30H2,1-3H3/q+1/b19-18+. The smallest absolute Gasteiger partial charge is 0.345 e. The minimum Gasteiger partial charge on any atom is -0.489 e. The van der Waals surface area contributed by atoms with Crippen LogP contribution in [0.4, 0.5) is 0 Å². The normalized spacial score (nSPS) is 11.2. The molecule has 52 heavy (non-hydrogen) atoms. The molecule has 7 aromatic rings. The fourth-order valence-corrected chi connectivity index (χ4v) is 6.41. The van der Waals surface area contributed by atoms with Crippen molar-refractivity contribution in [3.8, 4) is 11.5 Å². The third-order valence-electron chi connectivity index (χ3n) is 9.09. The molecule has 6 aromatic carbocycles. The van der Waals surface area contributed by atoms with E-state index in [2.05, 4.69) is 4.57 Å². The van der Waals surface area contributed by atoms with Gasteiger partial charge in [-0.15, -0.1) is 0 Å². The van der Waals surface area contributed by atoms with E-state index >= 15 is 0 Å². The summed E-state index contributed by atoms with van der Waals surface area (Å²) < 4.78 is 19.8. The number of aromatic nitrogens is 1. The largest absolute Gasteiger partial charge is 0.489 e. The molecule has 1 heterocycles. The van der Waals surface area contributed by atoms with Gasteiger partial charge in [-0.2, -0.15) is 4.57 Å². The second-order valence-corrected chi connectivity index (χ2v) is 12.8. The van der Waals surface area contributed by atoms with Gasteiger partial charge in [0.2, 0.25) is 11.0 Å². The van der Waals surface area contributed by atoms with Crippen molar-refractivity contribution < 1.29 is 28.4 Å². The van der Waals surface area contributed by atoms with Crippen LogP contribution in [-0.4, -0.2) is 11.9 Å². The lowest BCUT2D eigenvalue weighted by atomic mass is 9.99. The first-order valence-corrected chi connectivity index (χ1v) is 17.2. The number of pyridine rings is 1. The van der Waals surface area contributed by atoms with Gasteiger partial charge in [-0.1, -0.05) is 97.1 Å². The summed E-state index contributed by atoms with van der Waals surface area (Å²) in [6.45, 7) is 4.34. The molecular formula is C46H38NO5+. The Hall–Kier alpha value is -6.53. The average Bonchev–Trinajstić information content (AvgIpc) is 3.18. The lowest BCUT2D eigenvalue weighted by Gasteiger charge is -2.15. The third-order valence-corrected chi connectivity index (χ3v) is 9.09. The lowest BCUT2D eigenvalue weighted by molar-refractivity contribution is -0.617. The molecule has 0 spiro atoms.